The van der Waals surface area contributed by atoms with Crippen molar-refractivity contribution in [2.24, 2.45) is 0 Å². The van der Waals surface area contributed by atoms with Crippen LogP contribution in [0.4, 0.5) is 4.79 Å². The van der Waals surface area contributed by atoms with E-state index in [1.807, 2.05) is 60.7 Å². The number of hydrogen-bond donors (Lipinski definition) is 2. The smallest absolute Gasteiger partial charge is 0.321 e. The molecule has 0 saturated heterocycles. The first-order valence-corrected chi connectivity index (χ1v) is 10.5. The SMILES string of the molecule is O=C(COC(=O)CSc1cccc2cccc(Cl)c12)NC(=O)NCc1ccccc1. The summed E-state index contributed by atoms with van der Waals surface area (Å²) in [6.45, 7) is -0.252. The standard InChI is InChI=1S/C22H19ClN2O4S/c23-17-10-4-8-16-9-5-11-18(21(16)17)30-14-20(27)29-13-19(26)25-22(28)24-12-15-6-2-1-3-7-15/h1-11H,12-14H2,(H2,24,25,26,28). The number of carbonyl (C=O) groups is 3. The molecular weight excluding hydrogens is 424 g/mol. The molecule has 0 fully saturated rings. The predicted molar refractivity (Wildman–Crippen MR) is 117 cm³/mol. The lowest BCUT2D eigenvalue weighted by Crippen LogP contribution is -2.41. The Balaban J connectivity index is 1.41. The van der Waals surface area contributed by atoms with E-state index in [-0.39, 0.29) is 12.3 Å². The highest BCUT2D eigenvalue weighted by atomic mass is 35.5. The molecule has 0 radical (unpaired) electrons. The monoisotopic (exact) mass is 442 g/mol. The summed E-state index contributed by atoms with van der Waals surface area (Å²) in [5.41, 5.74) is 0.900. The number of rotatable bonds is 7. The largest absolute Gasteiger partial charge is 0.455 e. The van der Waals surface area contributed by atoms with Crippen molar-refractivity contribution < 1.29 is 19.1 Å². The highest BCUT2D eigenvalue weighted by molar-refractivity contribution is 8.00. The molecule has 0 unspecified atom stereocenters. The number of carbonyl (C=O) groups excluding carboxylic acids is 3. The minimum Gasteiger partial charge on any atom is -0.455 e. The topological polar surface area (TPSA) is 84.5 Å². The van der Waals surface area contributed by atoms with Crippen LogP contribution in [0.1, 0.15) is 5.56 Å². The lowest BCUT2D eigenvalue weighted by atomic mass is 10.1. The zero-order valence-electron chi connectivity index (χ0n) is 15.9. The van der Waals surface area contributed by atoms with E-state index in [2.05, 4.69) is 10.6 Å². The van der Waals surface area contributed by atoms with Gasteiger partial charge in [0.05, 0.1) is 5.75 Å². The molecule has 0 saturated carbocycles. The Morgan fingerprint density at radius 3 is 2.43 bits per heavy atom. The van der Waals surface area contributed by atoms with Gasteiger partial charge in [-0.25, -0.2) is 4.79 Å². The molecule has 0 aliphatic rings. The first kappa shape index (κ1) is 21.7. The van der Waals surface area contributed by atoms with Crippen LogP contribution in [-0.4, -0.2) is 30.3 Å². The van der Waals surface area contributed by atoms with E-state index in [9.17, 15) is 14.4 Å². The third kappa shape index (κ3) is 6.23. The minimum atomic E-state index is -0.702. The van der Waals surface area contributed by atoms with Crippen LogP contribution >= 0.6 is 23.4 Å². The van der Waals surface area contributed by atoms with E-state index >= 15 is 0 Å². The summed E-state index contributed by atoms with van der Waals surface area (Å²) in [6.07, 6.45) is 0. The van der Waals surface area contributed by atoms with Gasteiger partial charge in [-0.3, -0.25) is 14.9 Å². The molecule has 6 nitrogen and oxygen atoms in total. The summed E-state index contributed by atoms with van der Waals surface area (Å²) in [5.74, 6) is -1.26. The lowest BCUT2D eigenvalue weighted by Gasteiger charge is -2.09. The maximum atomic E-state index is 12.0. The van der Waals surface area contributed by atoms with Gasteiger partial charge in [0.25, 0.3) is 5.91 Å². The fraction of sp³-hybridized carbons (Fsp3) is 0.136. The summed E-state index contributed by atoms with van der Waals surface area (Å²) in [6, 6.07) is 19.9. The van der Waals surface area contributed by atoms with Crippen molar-refractivity contribution in [3.63, 3.8) is 0 Å². The van der Waals surface area contributed by atoms with Crippen molar-refractivity contribution in [1.29, 1.82) is 0 Å². The molecule has 0 aliphatic carbocycles. The molecule has 154 valence electrons. The number of hydrogen-bond acceptors (Lipinski definition) is 5. The van der Waals surface area contributed by atoms with E-state index in [0.29, 0.717) is 5.02 Å². The Labute approximate surface area is 182 Å². The summed E-state index contributed by atoms with van der Waals surface area (Å²) < 4.78 is 4.95. The highest BCUT2D eigenvalue weighted by Crippen LogP contribution is 2.33. The van der Waals surface area contributed by atoms with E-state index in [1.165, 1.54) is 11.8 Å². The average molecular weight is 443 g/mol. The summed E-state index contributed by atoms with van der Waals surface area (Å²) in [5, 5.41) is 7.12. The first-order valence-electron chi connectivity index (χ1n) is 9.10. The van der Waals surface area contributed by atoms with Gasteiger partial charge in [0, 0.05) is 21.8 Å². The van der Waals surface area contributed by atoms with Crippen LogP contribution in [0.5, 0.6) is 0 Å². The van der Waals surface area contributed by atoms with Crippen molar-refractivity contribution in [2.45, 2.75) is 11.4 Å². The number of esters is 1. The van der Waals surface area contributed by atoms with Crippen molar-refractivity contribution in [3.8, 4) is 0 Å². The number of thioether (sulfide) groups is 1. The molecule has 3 aromatic rings. The number of fused-ring (bicyclic) bond motifs is 1. The number of ether oxygens (including phenoxy) is 1. The number of benzene rings is 3. The van der Waals surface area contributed by atoms with Gasteiger partial charge in [-0.15, -0.1) is 11.8 Å². The summed E-state index contributed by atoms with van der Waals surface area (Å²) in [7, 11) is 0. The fourth-order valence-electron chi connectivity index (χ4n) is 2.69. The molecule has 30 heavy (non-hydrogen) atoms. The molecule has 3 amide bonds. The van der Waals surface area contributed by atoms with E-state index in [1.54, 1.807) is 6.07 Å². The molecule has 0 heterocycles. The second-order valence-electron chi connectivity index (χ2n) is 6.26. The van der Waals surface area contributed by atoms with Crippen molar-refractivity contribution >= 4 is 52.0 Å². The van der Waals surface area contributed by atoms with Gasteiger partial charge in [-0.2, -0.15) is 0 Å². The van der Waals surface area contributed by atoms with Crippen molar-refractivity contribution in [1.82, 2.24) is 10.6 Å². The van der Waals surface area contributed by atoms with Crippen LogP contribution in [0, 0.1) is 0 Å². The van der Waals surface area contributed by atoms with Gasteiger partial charge in [0.15, 0.2) is 6.61 Å². The molecule has 8 heteroatoms. The number of nitrogens with one attached hydrogen (secondary N) is 2. The molecule has 0 aliphatic heterocycles. The number of amides is 3. The predicted octanol–water partition coefficient (Wildman–Crippen LogP) is 4.15. The fourth-order valence-corrected chi connectivity index (χ4v) is 3.94. The Morgan fingerprint density at radius 2 is 1.67 bits per heavy atom. The Morgan fingerprint density at radius 1 is 0.933 bits per heavy atom. The second-order valence-corrected chi connectivity index (χ2v) is 7.68. The molecule has 3 aromatic carbocycles. The number of urea groups is 1. The normalized spacial score (nSPS) is 10.4. The Kier molecular flexibility index (Phi) is 7.70. The van der Waals surface area contributed by atoms with Crippen molar-refractivity contribution in [2.75, 3.05) is 12.4 Å². The number of imide groups is 1. The van der Waals surface area contributed by atoms with Crippen LogP contribution in [0.3, 0.4) is 0 Å². The molecule has 0 spiro atoms. The molecule has 0 bridgehead atoms. The zero-order chi connectivity index (χ0) is 21.3. The molecule has 2 N–H and O–H groups in total. The molecular formula is C22H19ClN2O4S. The van der Waals surface area contributed by atoms with Crippen LogP contribution in [0.25, 0.3) is 10.8 Å². The zero-order valence-corrected chi connectivity index (χ0v) is 17.5. The van der Waals surface area contributed by atoms with Crippen LogP contribution in [0.2, 0.25) is 5.02 Å². The van der Waals surface area contributed by atoms with Gasteiger partial charge in [0.2, 0.25) is 0 Å². The average Bonchev–Trinajstić information content (AvgIpc) is 2.75. The van der Waals surface area contributed by atoms with Gasteiger partial charge in [0.1, 0.15) is 0 Å². The first-order chi connectivity index (χ1) is 14.5. The van der Waals surface area contributed by atoms with E-state index in [0.717, 1.165) is 21.2 Å². The second kappa shape index (κ2) is 10.7. The van der Waals surface area contributed by atoms with Crippen LogP contribution in [-0.2, 0) is 20.9 Å². The molecule has 0 atom stereocenters. The molecule has 3 rings (SSSR count). The lowest BCUT2D eigenvalue weighted by molar-refractivity contribution is -0.145. The molecule has 0 aromatic heterocycles. The van der Waals surface area contributed by atoms with Gasteiger partial charge < -0.3 is 10.1 Å². The summed E-state index contributed by atoms with van der Waals surface area (Å²) >= 11 is 7.55. The van der Waals surface area contributed by atoms with Crippen molar-refractivity contribution in [3.05, 3.63) is 77.3 Å². The number of halogens is 1. The van der Waals surface area contributed by atoms with Crippen LogP contribution in [0.15, 0.2) is 71.6 Å². The van der Waals surface area contributed by atoms with E-state index in [4.69, 9.17) is 16.3 Å². The maximum Gasteiger partial charge on any atom is 0.321 e. The quantitative estimate of drug-likeness (QED) is 0.424. The van der Waals surface area contributed by atoms with Gasteiger partial charge in [-0.1, -0.05) is 66.2 Å². The van der Waals surface area contributed by atoms with Gasteiger partial charge in [-0.05, 0) is 23.1 Å². The summed E-state index contributed by atoms with van der Waals surface area (Å²) in [4.78, 5) is 36.4. The third-order valence-electron chi connectivity index (χ3n) is 4.07. The van der Waals surface area contributed by atoms with Crippen LogP contribution < -0.4 is 10.6 Å². The van der Waals surface area contributed by atoms with E-state index < -0.39 is 24.5 Å². The minimum absolute atomic E-state index is 0.0117. The maximum absolute atomic E-state index is 12.0. The Bertz CT molecular complexity index is 1050. The third-order valence-corrected chi connectivity index (χ3v) is 5.42. The Hall–Kier alpha value is -3.03. The van der Waals surface area contributed by atoms with Gasteiger partial charge >= 0.3 is 12.0 Å². The highest BCUT2D eigenvalue weighted by Gasteiger charge is 2.12.